The molecule has 1 saturated heterocycles. The summed E-state index contributed by atoms with van der Waals surface area (Å²) in [4.78, 5) is 8.95. The third kappa shape index (κ3) is 4.35. The zero-order valence-electron chi connectivity index (χ0n) is 11.9. The second-order valence-corrected chi connectivity index (χ2v) is 4.88. The summed E-state index contributed by atoms with van der Waals surface area (Å²) in [5, 5.41) is 6.64. The van der Waals surface area contributed by atoms with Crippen LogP contribution < -0.4 is 10.6 Å². The van der Waals surface area contributed by atoms with Gasteiger partial charge < -0.3 is 15.4 Å². The Balaban J connectivity index is 1.88. The predicted octanol–water partition coefficient (Wildman–Crippen LogP) is 2.31. The number of ether oxygens (including phenoxy) is 1. The molecule has 1 aromatic heterocycles. The summed E-state index contributed by atoms with van der Waals surface area (Å²) in [5.74, 6) is 3.40. The van der Waals surface area contributed by atoms with Crippen molar-refractivity contribution in [1.82, 2.24) is 9.97 Å². The average molecular weight is 264 g/mol. The van der Waals surface area contributed by atoms with Crippen LogP contribution in [-0.4, -0.2) is 36.3 Å². The van der Waals surface area contributed by atoms with Crippen molar-refractivity contribution in [2.45, 2.75) is 33.1 Å². The highest BCUT2D eigenvalue weighted by atomic mass is 16.5. The van der Waals surface area contributed by atoms with Crippen molar-refractivity contribution in [3.8, 4) is 0 Å². The van der Waals surface area contributed by atoms with Crippen LogP contribution in [0.15, 0.2) is 6.07 Å². The molecule has 0 radical (unpaired) electrons. The van der Waals surface area contributed by atoms with Gasteiger partial charge in [-0.25, -0.2) is 9.97 Å². The Hall–Kier alpha value is -1.36. The van der Waals surface area contributed by atoms with E-state index in [1.165, 1.54) is 6.42 Å². The molecule has 0 aromatic carbocycles. The third-order valence-electron chi connectivity index (χ3n) is 3.33. The fourth-order valence-electron chi connectivity index (χ4n) is 2.23. The molecule has 2 heterocycles. The zero-order valence-corrected chi connectivity index (χ0v) is 11.9. The largest absolute Gasteiger partial charge is 0.381 e. The van der Waals surface area contributed by atoms with Crippen LogP contribution in [0.1, 0.15) is 32.5 Å². The smallest absolute Gasteiger partial charge is 0.132 e. The Morgan fingerprint density at radius 2 is 2.05 bits per heavy atom. The van der Waals surface area contributed by atoms with Gasteiger partial charge in [0.05, 0.1) is 0 Å². The second kappa shape index (κ2) is 7.28. The van der Waals surface area contributed by atoms with E-state index in [2.05, 4.69) is 34.4 Å². The molecule has 0 amide bonds. The van der Waals surface area contributed by atoms with Crippen LogP contribution in [0.3, 0.4) is 0 Å². The van der Waals surface area contributed by atoms with E-state index < -0.39 is 0 Å². The fourth-order valence-corrected chi connectivity index (χ4v) is 2.23. The molecule has 1 aliphatic heterocycles. The monoisotopic (exact) mass is 264 g/mol. The van der Waals surface area contributed by atoms with Crippen LogP contribution in [-0.2, 0) is 11.2 Å². The summed E-state index contributed by atoms with van der Waals surface area (Å²) >= 11 is 0. The van der Waals surface area contributed by atoms with Gasteiger partial charge in [0.1, 0.15) is 17.5 Å². The summed E-state index contributed by atoms with van der Waals surface area (Å²) in [6.45, 7) is 7.79. The number of aromatic nitrogens is 2. The third-order valence-corrected chi connectivity index (χ3v) is 3.33. The lowest BCUT2D eigenvalue weighted by Gasteiger charge is -2.11. The molecule has 1 unspecified atom stereocenters. The predicted molar refractivity (Wildman–Crippen MR) is 77.6 cm³/mol. The first-order chi connectivity index (χ1) is 9.31. The SMILES string of the molecule is CCNc1cc(NCCC2CCOC2)nc(CC)n1. The Kier molecular flexibility index (Phi) is 5.39. The normalized spacial score (nSPS) is 18.5. The summed E-state index contributed by atoms with van der Waals surface area (Å²) in [5.41, 5.74) is 0. The number of hydrogen-bond donors (Lipinski definition) is 2. The molecule has 1 aliphatic rings. The van der Waals surface area contributed by atoms with Crippen LogP contribution in [0.4, 0.5) is 11.6 Å². The van der Waals surface area contributed by atoms with Crippen molar-refractivity contribution in [2.75, 3.05) is 36.9 Å². The molecule has 106 valence electrons. The van der Waals surface area contributed by atoms with E-state index in [0.29, 0.717) is 5.92 Å². The Labute approximate surface area is 115 Å². The van der Waals surface area contributed by atoms with Gasteiger partial charge in [-0.15, -0.1) is 0 Å². The van der Waals surface area contributed by atoms with E-state index in [0.717, 1.165) is 56.6 Å². The Morgan fingerprint density at radius 1 is 1.26 bits per heavy atom. The molecule has 0 aliphatic carbocycles. The van der Waals surface area contributed by atoms with Crippen molar-refractivity contribution in [1.29, 1.82) is 0 Å². The van der Waals surface area contributed by atoms with E-state index in [-0.39, 0.29) is 0 Å². The zero-order chi connectivity index (χ0) is 13.5. The van der Waals surface area contributed by atoms with Gasteiger partial charge >= 0.3 is 0 Å². The van der Waals surface area contributed by atoms with Gasteiger partial charge in [0.2, 0.25) is 0 Å². The lowest BCUT2D eigenvalue weighted by atomic mass is 10.1. The molecule has 2 N–H and O–H groups in total. The number of aryl methyl sites for hydroxylation is 1. The van der Waals surface area contributed by atoms with Crippen LogP contribution in [0.25, 0.3) is 0 Å². The molecule has 5 nitrogen and oxygen atoms in total. The lowest BCUT2D eigenvalue weighted by Crippen LogP contribution is -2.12. The molecule has 0 saturated carbocycles. The highest BCUT2D eigenvalue weighted by Crippen LogP contribution is 2.17. The summed E-state index contributed by atoms with van der Waals surface area (Å²) in [7, 11) is 0. The van der Waals surface area contributed by atoms with Crippen molar-refractivity contribution in [3.63, 3.8) is 0 Å². The van der Waals surface area contributed by atoms with Gasteiger partial charge in [-0.05, 0) is 25.7 Å². The van der Waals surface area contributed by atoms with Gasteiger partial charge in [0.15, 0.2) is 0 Å². The number of nitrogens with one attached hydrogen (secondary N) is 2. The maximum absolute atomic E-state index is 5.38. The average Bonchev–Trinajstić information content (AvgIpc) is 2.92. The maximum atomic E-state index is 5.38. The van der Waals surface area contributed by atoms with Gasteiger partial charge in [-0.1, -0.05) is 6.92 Å². The number of rotatable bonds is 7. The van der Waals surface area contributed by atoms with Crippen molar-refractivity contribution in [2.24, 2.45) is 5.92 Å². The molecular formula is C14H24N4O. The van der Waals surface area contributed by atoms with Crippen LogP contribution in [0.2, 0.25) is 0 Å². The van der Waals surface area contributed by atoms with E-state index in [1.807, 2.05) is 6.07 Å². The summed E-state index contributed by atoms with van der Waals surface area (Å²) in [6.07, 6.45) is 3.18. The maximum Gasteiger partial charge on any atom is 0.132 e. The molecule has 1 aromatic rings. The molecule has 19 heavy (non-hydrogen) atoms. The molecule has 1 atom stereocenters. The quantitative estimate of drug-likeness (QED) is 0.791. The minimum Gasteiger partial charge on any atom is -0.381 e. The molecular weight excluding hydrogens is 240 g/mol. The molecule has 1 fully saturated rings. The van der Waals surface area contributed by atoms with E-state index in [4.69, 9.17) is 4.74 Å². The van der Waals surface area contributed by atoms with Gasteiger partial charge in [0.25, 0.3) is 0 Å². The van der Waals surface area contributed by atoms with Crippen LogP contribution in [0, 0.1) is 5.92 Å². The first-order valence-electron chi connectivity index (χ1n) is 7.25. The van der Waals surface area contributed by atoms with Gasteiger partial charge in [-0.2, -0.15) is 0 Å². The van der Waals surface area contributed by atoms with E-state index in [9.17, 15) is 0 Å². The van der Waals surface area contributed by atoms with Gasteiger partial charge in [-0.3, -0.25) is 0 Å². The van der Waals surface area contributed by atoms with Crippen molar-refractivity contribution in [3.05, 3.63) is 11.9 Å². The van der Waals surface area contributed by atoms with E-state index in [1.54, 1.807) is 0 Å². The minimum absolute atomic E-state index is 0.702. The van der Waals surface area contributed by atoms with Gasteiger partial charge in [0, 0.05) is 38.8 Å². The molecule has 0 spiro atoms. The van der Waals surface area contributed by atoms with E-state index >= 15 is 0 Å². The first-order valence-corrected chi connectivity index (χ1v) is 7.25. The second-order valence-electron chi connectivity index (χ2n) is 4.88. The molecule has 2 rings (SSSR count). The topological polar surface area (TPSA) is 59.1 Å². The Bertz CT molecular complexity index is 391. The highest BCUT2D eigenvalue weighted by molar-refractivity contribution is 5.47. The number of hydrogen-bond acceptors (Lipinski definition) is 5. The van der Waals surface area contributed by atoms with Crippen molar-refractivity contribution < 1.29 is 4.74 Å². The minimum atomic E-state index is 0.702. The summed E-state index contributed by atoms with van der Waals surface area (Å²) < 4.78 is 5.38. The fraction of sp³-hybridized carbons (Fsp3) is 0.714. The molecule has 0 bridgehead atoms. The standard InChI is InChI=1S/C14H24N4O/c1-3-12-17-13(15-4-2)9-14(18-12)16-7-5-11-6-8-19-10-11/h9,11H,3-8,10H2,1-2H3,(H2,15,16,17,18). The first kappa shape index (κ1) is 14.1. The summed E-state index contributed by atoms with van der Waals surface area (Å²) in [6, 6.07) is 1.98. The lowest BCUT2D eigenvalue weighted by molar-refractivity contribution is 0.185. The van der Waals surface area contributed by atoms with Crippen LogP contribution >= 0.6 is 0 Å². The Morgan fingerprint density at radius 3 is 2.68 bits per heavy atom. The van der Waals surface area contributed by atoms with Crippen molar-refractivity contribution >= 4 is 11.6 Å². The molecule has 5 heteroatoms. The number of anilines is 2. The van der Waals surface area contributed by atoms with Crippen LogP contribution in [0.5, 0.6) is 0 Å². The number of nitrogens with zero attached hydrogens (tertiary/aromatic N) is 2. The highest BCUT2D eigenvalue weighted by Gasteiger charge is 2.14.